The van der Waals surface area contributed by atoms with Crippen LogP contribution in [0.25, 0.3) is 0 Å². The Hall–Kier alpha value is -0.570. The molecule has 0 radical (unpaired) electrons. The average molecular weight is 631 g/mol. The molecule has 0 spiro atoms. The maximum absolute atomic E-state index is 13.0. The van der Waals surface area contributed by atoms with E-state index in [0.717, 1.165) is 51.2 Å². The van der Waals surface area contributed by atoms with Gasteiger partial charge in [0.2, 0.25) is 0 Å². The lowest BCUT2D eigenvalue weighted by atomic mass is 9.55. The molecular weight excluding hydrogens is 577 g/mol. The summed E-state index contributed by atoms with van der Waals surface area (Å²) in [7, 11) is 3.91. The van der Waals surface area contributed by atoms with Crippen molar-refractivity contribution in [2.45, 2.75) is 129 Å². The highest BCUT2D eigenvalue weighted by Gasteiger charge is 2.55. The molecule has 4 rings (SSSR count). The molecule has 2 saturated carbocycles. The number of aryl methyl sites for hydroxylation is 1. The normalized spacial score (nSPS) is 27.4. The van der Waals surface area contributed by atoms with E-state index in [0.29, 0.717) is 30.8 Å². The van der Waals surface area contributed by atoms with Gasteiger partial charge in [0.15, 0.2) is 5.60 Å². The van der Waals surface area contributed by atoms with Crippen molar-refractivity contribution >= 4 is 21.6 Å². The topological polar surface area (TPSA) is 27.7 Å². The summed E-state index contributed by atoms with van der Waals surface area (Å²) in [4.78, 5) is 0. The van der Waals surface area contributed by atoms with E-state index in [9.17, 15) is 13.2 Å². The molecule has 42 heavy (non-hydrogen) atoms. The molecular formula is C34H53F3O3S2. The molecule has 1 aromatic carbocycles. The minimum absolute atomic E-state index is 0.0591. The molecule has 3 nitrogen and oxygen atoms in total. The molecule has 0 aromatic heterocycles. The zero-order chi connectivity index (χ0) is 30.2. The van der Waals surface area contributed by atoms with Gasteiger partial charge in [-0.1, -0.05) is 67.2 Å². The Balaban J connectivity index is 1.20. The minimum atomic E-state index is -4.36. The van der Waals surface area contributed by atoms with Crippen molar-refractivity contribution < 1.29 is 27.4 Å². The number of fused-ring (bicyclic) bond motifs is 5. The van der Waals surface area contributed by atoms with E-state index in [2.05, 4.69) is 32.0 Å². The minimum Gasteiger partial charge on any atom is -0.493 e. The van der Waals surface area contributed by atoms with Crippen LogP contribution in [0.4, 0.5) is 13.2 Å². The summed E-state index contributed by atoms with van der Waals surface area (Å²) in [5.74, 6) is 5.21. The lowest BCUT2D eigenvalue weighted by Gasteiger charge is -2.50. The van der Waals surface area contributed by atoms with Crippen molar-refractivity contribution in [3.63, 3.8) is 0 Å². The van der Waals surface area contributed by atoms with Crippen LogP contribution in [-0.2, 0) is 15.9 Å². The monoisotopic (exact) mass is 630 g/mol. The van der Waals surface area contributed by atoms with Crippen LogP contribution in [0.5, 0.6) is 5.75 Å². The lowest BCUT2D eigenvalue weighted by Crippen LogP contribution is -2.45. The van der Waals surface area contributed by atoms with Gasteiger partial charge in [-0.05, 0) is 112 Å². The molecule has 5 unspecified atom stereocenters. The first-order chi connectivity index (χ1) is 20.1. The highest BCUT2D eigenvalue weighted by atomic mass is 33.1. The van der Waals surface area contributed by atoms with Crippen LogP contribution in [0.1, 0.15) is 115 Å². The van der Waals surface area contributed by atoms with Crippen molar-refractivity contribution in [2.24, 2.45) is 17.3 Å². The molecule has 0 heterocycles. The third-order valence-corrected chi connectivity index (χ3v) is 12.7. The Bertz CT molecular complexity index is 972. The van der Waals surface area contributed by atoms with Gasteiger partial charge in [-0.3, -0.25) is 0 Å². The van der Waals surface area contributed by atoms with Crippen molar-refractivity contribution in [1.29, 1.82) is 0 Å². The molecule has 8 heteroatoms. The Kier molecular flexibility index (Phi) is 12.8. The van der Waals surface area contributed by atoms with Gasteiger partial charge in [-0.25, -0.2) is 0 Å². The number of hydrogen-bond donors (Lipinski definition) is 0. The quantitative estimate of drug-likeness (QED) is 0.126. The molecule has 0 amide bonds. The van der Waals surface area contributed by atoms with Crippen molar-refractivity contribution in [1.82, 2.24) is 0 Å². The van der Waals surface area contributed by atoms with Crippen LogP contribution in [0.3, 0.4) is 0 Å². The summed E-state index contributed by atoms with van der Waals surface area (Å²) in [5, 5.41) is 0. The SMILES string of the molecule is CCCCCCCSSCCOc1ccc2c(c1)CCC1C2CCC2(C)C(OCCCOC(C)(C)C(F)(F)F)CCC12. The predicted octanol–water partition coefficient (Wildman–Crippen LogP) is 10.4. The third-order valence-electron chi connectivity index (χ3n) is 10.2. The molecule has 1 aromatic rings. The van der Waals surface area contributed by atoms with E-state index in [1.807, 2.05) is 21.6 Å². The molecule has 2 fully saturated rings. The summed E-state index contributed by atoms with van der Waals surface area (Å²) in [5.41, 5.74) is 1.03. The van der Waals surface area contributed by atoms with Crippen LogP contribution >= 0.6 is 21.6 Å². The molecule has 3 aliphatic carbocycles. The fraction of sp³-hybridized carbons (Fsp3) is 0.824. The van der Waals surface area contributed by atoms with Crippen LogP contribution in [0, 0.1) is 17.3 Å². The fourth-order valence-corrected chi connectivity index (χ4v) is 9.62. The first kappa shape index (κ1) is 34.3. The van der Waals surface area contributed by atoms with Crippen LogP contribution in [0.15, 0.2) is 18.2 Å². The lowest BCUT2D eigenvalue weighted by molar-refractivity contribution is -0.264. The summed E-state index contributed by atoms with van der Waals surface area (Å²) < 4.78 is 56.8. The van der Waals surface area contributed by atoms with E-state index in [1.54, 1.807) is 0 Å². The summed E-state index contributed by atoms with van der Waals surface area (Å²) >= 11 is 0. The second-order valence-corrected chi connectivity index (χ2v) is 16.1. The number of rotatable bonds is 17. The molecule has 0 N–H and O–H groups in total. The van der Waals surface area contributed by atoms with E-state index in [1.165, 1.54) is 68.2 Å². The molecule has 240 valence electrons. The number of benzene rings is 1. The summed E-state index contributed by atoms with van der Waals surface area (Å²) in [6, 6.07) is 6.82. The van der Waals surface area contributed by atoms with Crippen molar-refractivity contribution in [3.05, 3.63) is 29.3 Å². The smallest absolute Gasteiger partial charge is 0.416 e. The highest BCUT2D eigenvalue weighted by molar-refractivity contribution is 8.76. The first-order valence-corrected chi connectivity index (χ1v) is 18.9. The Labute approximate surface area is 260 Å². The van der Waals surface area contributed by atoms with Crippen LogP contribution < -0.4 is 4.74 Å². The number of halogens is 3. The molecule has 0 aliphatic heterocycles. The fourth-order valence-electron chi connectivity index (χ4n) is 7.64. The Morgan fingerprint density at radius 1 is 0.905 bits per heavy atom. The van der Waals surface area contributed by atoms with Gasteiger partial charge in [0, 0.05) is 24.7 Å². The number of hydrogen-bond acceptors (Lipinski definition) is 5. The van der Waals surface area contributed by atoms with Crippen molar-refractivity contribution in [2.75, 3.05) is 31.3 Å². The summed E-state index contributed by atoms with van der Waals surface area (Å²) in [6.07, 6.45) is 9.91. The van der Waals surface area contributed by atoms with Gasteiger partial charge in [-0.15, -0.1) is 0 Å². The number of alkyl halides is 3. The largest absolute Gasteiger partial charge is 0.493 e. The molecule has 0 saturated heterocycles. The van der Waals surface area contributed by atoms with Gasteiger partial charge in [0.25, 0.3) is 0 Å². The van der Waals surface area contributed by atoms with Crippen LogP contribution in [-0.4, -0.2) is 49.2 Å². The molecule has 5 atom stereocenters. The molecule has 0 bridgehead atoms. The van der Waals surface area contributed by atoms with E-state index < -0.39 is 11.8 Å². The summed E-state index contributed by atoms with van der Waals surface area (Å²) in [6.45, 7) is 8.11. The van der Waals surface area contributed by atoms with E-state index in [-0.39, 0.29) is 18.1 Å². The second-order valence-electron chi connectivity index (χ2n) is 13.4. The highest BCUT2D eigenvalue weighted by Crippen LogP contribution is 2.61. The van der Waals surface area contributed by atoms with E-state index >= 15 is 0 Å². The van der Waals surface area contributed by atoms with Gasteiger partial charge in [0.1, 0.15) is 5.75 Å². The standard InChI is InChI=1S/C34H53F3O3S2/c1-5-6-7-8-9-22-41-42-23-21-38-26-12-14-27-25(24-26)11-13-29-28(27)17-18-33(4)30(29)15-16-31(33)39-19-10-20-40-32(2,3)34(35,36)37/h12,14,24,28-31H,5-11,13,15-23H2,1-4H3. The van der Waals surface area contributed by atoms with Crippen molar-refractivity contribution in [3.8, 4) is 5.75 Å². The first-order valence-electron chi connectivity index (χ1n) is 16.4. The predicted molar refractivity (Wildman–Crippen MR) is 171 cm³/mol. The maximum atomic E-state index is 13.0. The Morgan fingerprint density at radius 2 is 1.69 bits per heavy atom. The van der Waals surface area contributed by atoms with Gasteiger partial charge >= 0.3 is 6.18 Å². The average Bonchev–Trinajstić information content (AvgIpc) is 3.29. The third kappa shape index (κ3) is 8.57. The zero-order valence-corrected chi connectivity index (χ0v) is 27.9. The Morgan fingerprint density at radius 3 is 2.48 bits per heavy atom. The van der Waals surface area contributed by atoms with Gasteiger partial charge < -0.3 is 14.2 Å². The maximum Gasteiger partial charge on any atom is 0.416 e. The number of ether oxygens (including phenoxy) is 3. The second kappa shape index (κ2) is 15.6. The van der Waals surface area contributed by atoms with Gasteiger partial charge in [0.05, 0.1) is 12.7 Å². The van der Waals surface area contributed by atoms with Gasteiger partial charge in [-0.2, -0.15) is 13.2 Å². The van der Waals surface area contributed by atoms with E-state index in [4.69, 9.17) is 14.2 Å². The number of unbranched alkanes of at least 4 members (excludes halogenated alkanes) is 4. The molecule has 3 aliphatic rings. The van der Waals surface area contributed by atoms with Crippen LogP contribution in [0.2, 0.25) is 0 Å². The zero-order valence-electron chi connectivity index (χ0n) is 26.2.